The molecular formula is C21H37N3O2. The van der Waals surface area contributed by atoms with Crippen molar-refractivity contribution in [3.05, 3.63) is 0 Å². The predicted molar refractivity (Wildman–Crippen MR) is 103 cm³/mol. The first-order chi connectivity index (χ1) is 12.5. The first kappa shape index (κ1) is 19.7. The summed E-state index contributed by atoms with van der Waals surface area (Å²) in [6.45, 7) is 0.693. The molecule has 1 atom stereocenters. The van der Waals surface area contributed by atoms with Crippen LogP contribution in [0.1, 0.15) is 89.9 Å². The highest BCUT2D eigenvalue weighted by Gasteiger charge is 2.49. The monoisotopic (exact) mass is 363 g/mol. The Balaban J connectivity index is 1.61. The van der Waals surface area contributed by atoms with Gasteiger partial charge in [0.15, 0.2) is 0 Å². The molecule has 0 unspecified atom stereocenters. The van der Waals surface area contributed by atoms with Gasteiger partial charge in [-0.2, -0.15) is 0 Å². The van der Waals surface area contributed by atoms with Crippen LogP contribution in [-0.4, -0.2) is 34.8 Å². The summed E-state index contributed by atoms with van der Waals surface area (Å²) < 4.78 is 0. The predicted octanol–water partition coefficient (Wildman–Crippen LogP) is 3.10. The van der Waals surface area contributed by atoms with Crippen molar-refractivity contribution >= 4 is 11.8 Å². The van der Waals surface area contributed by atoms with Crippen LogP contribution >= 0.6 is 0 Å². The molecule has 0 aromatic carbocycles. The SMILES string of the molecule is NC(=O)[C@]1(CC2CCC(N)CC2)CCCN1C(=O)CCC1CCCCC1. The average Bonchev–Trinajstić information content (AvgIpc) is 3.07. The van der Waals surface area contributed by atoms with Crippen LogP contribution < -0.4 is 11.5 Å². The zero-order valence-electron chi connectivity index (χ0n) is 16.3. The zero-order valence-corrected chi connectivity index (χ0v) is 16.3. The second kappa shape index (κ2) is 8.73. The fourth-order valence-corrected chi connectivity index (χ4v) is 5.62. The number of carbonyl (C=O) groups excluding carboxylic acids is 2. The van der Waals surface area contributed by atoms with Gasteiger partial charge in [-0.1, -0.05) is 32.1 Å². The Bertz CT molecular complexity index is 495. The maximum Gasteiger partial charge on any atom is 0.243 e. The van der Waals surface area contributed by atoms with Crippen molar-refractivity contribution in [3.8, 4) is 0 Å². The first-order valence-electron chi connectivity index (χ1n) is 10.9. The third-order valence-corrected chi connectivity index (χ3v) is 7.26. The van der Waals surface area contributed by atoms with Crippen molar-refractivity contribution in [3.63, 3.8) is 0 Å². The van der Waals surface area contributed by atoms with E-state index in [0.717, 1.165) is 51.4 Å². The first-order valence-corrected chi connectivity index (χ1v) is 10.9. The molecule has 2 amide bonds. The number of hydrogen-bond acceptors (Lipinski definition) is 3. The number of hydrogen-bond donors (Lipinski definition) is 2. The van der Waals surface area contributed by atoms with Gasteiger partial charge in [-0.3, -0.25) is 9.59 Å². The van der Waals surface area contributed by atoms with Gasteiger partial charge in [0.25, 0.3) is 0 Å². The van der Waals surface area contributed by atoms with Gasteiger partial charge >= 0.3 is 0 Å². The van der Waals surface area contributed by atoms with E-state index in [1.54, 1.807) is 0 Å². The van der Waals surface area contributed by atoms with E-state index >= 15 is 0 Å². The molecule has 5 heteroatoms. The molecule has 0 bridgehead atoms. The number of nitrogens with zero attached hydrogens (tertiary/aromatic N) is 1. The molecule has 26 heavy (non-hydrogen) atoms. The Hall–Kier alpha value is -1.10. The summed E-state index contributed by atoms with van der Waals surface area (Å²) in [7, 11) is 0. The quantitative estimate of drug-likeness (QED) is 0.760. The van der Waals surface area contributed by atoms with Crippen LogP contribution in [0.3, 0.4) is 0 Å². The van der Waals surface area contributed by atoms with E-state index in [1.807, 2.05) is 4.90 Å². The van der Waals surface area contributed by atoms with Crippen LogP contribution in [0.4, 0.5) is 0 Å². The van der Waals surface area contributed by atoms with Crippen molar-refractivity contribution < 1.29 is 9.59 Å². The number of primary amides is 1. The molecule has 3 fully saturated rings. The standard InChI is InChI=1S/C21H37N3O2/c22-18-10-7-17(8-11-18)15-21(20(23)26)13-4-14-24(21)19(25)12-9-16-5-2-1-3-6-16/h16-18H,1-15,22H2,(H2,23,26)/t17?,18?,21-/m1/s1. The molecule has 2 aliphatic carbocycles. The second-order valence-electron chi connectivity index (χ2n) is 9.07. The normalized spacial score (nSPS) is 33.3. The van der Waals surface area contributed by atoms with Crippen LogP contribution in [0.15, 0.2) is 0 Å². The molecule has 0 spiro atoms. The van der Waals surface area contributed by atoms with Crippen LogP contribution in [0.5, 0.6) is 0 Å². The van der Waals surface area contributed by atoms with E-state index in [2.05, 4.69) is 0 Å². The lowest BCUT2D eigenvalue weighted by atomic mass is 9.76. The van der Waals surface area contributed by atoms with Gasteiger partial charge in [-0.15, -0.1) is 0 Å². The van der Waals surface area contributed by atoms with Gasteiger partial charge in [0.05, 0.1) is 0 Å². The topological polar surface area (TPSA) is 89.4 Å². The summed E-state index contributed by atoms with van der Waals surface area (Å²) in [5, 5.41) is 0. The molecule has 1 aliphatic heterocycles. The lowest BCUT2D eigenvalue weighted by Crippen LogP contribution is -2.57. The molecule has 1 saturated heterocycles. The Morgan fingerprint density at radius 2 is 1.62 bits per heavy atom. The Morgan fingerprint density at radius 1 is 0.923 bits per heavy atom. The molecule has 1 heterocycles. The minimum atomic E-state index is -0.740. The minimum Gasteiger partial charge on any atom is -0.368 e. The van der Waals surface area contributed by atoms with Crippen LogP contribution in [0.2, 0.25) is 0 Å². The molecular weight excluding hydrogens is 326 g/mol. The number of nitrogens with two attached hydrogens (primary N) is 2. The lowest BCUT2D eigenvalue weighted by molar-refractivity contribution is -0.145. The summed E-state index contributed by atoms with van der Waals surface area (Å²) in [5.74, 6) is 1.02. The van der Waals surface area contributed by atoms with Crippen molar-refractivity contribution in [1.29, 1.82) is 0 Å². The Morgan fingerprint density at radius 3 is 2.27 bits per heavy atom. The lowest BCUT2D eigenvalue weighted by Gasteiger charge is -2.40. The van der Waals surface area contributed by atoms with Crippen molar-refractivity contribution in [1.82, 2.24) is 4.90 Å². The Kier molecular flexibility index (Phi) is 6.60. The van der Waals surface area contributed by atoms with E-state index in [-0.39, 0.29) is 11.8 Å². The molecule has 0 aromatic rings. The molecule has 5 nitrogen and oxygen atoms in total. The molecule has 0 radical (unpaired) electrons. The van der Waals surface area contributed by atoms with Gasteiger partial charge in [0.2, 0.25) is 11.8 Å². The number of carbonyl (C=O) groups is 2. The molecule has 2 saturated carbocycles. The molecule has 3 aliphatic rings. The van der Waals surface area contributed by atoms with Gasteiger partial charge in [0.1, 0.15) is 5.54 Å². The van der Waals surface area contributed by atoms with E-state index in [9.17, 15) is 9.59 Å². The molecule has 0 aromatic heterocycles. The van der Waals surface area contributed by atoms with Crippen LogP contribution in [-0.2, 0) is 9.59 Å². The summed E-state index contributed by atoms with van der Waals surface area (Å²) in [4.78, 5) is 27.4. The summed E-state index contributed by atoms with van der Waals surface area (Å²) in [5.41, 5.74) is 11.2. The highest BCUT2D eigenvalue weighted by Crippen LogP contribution is 2.40. The third kappa shape index (κ3) is 4.41. The minimum absolute atomic E-state index is 0.152. The fourth-order valence-electron chi connectivity index (χ4n) is 5.62. The summed E-state index contributed by atoms with van der Waals surface area (Å²) in [6, 6.07) is 0.299. The van der Waals surface area contributed by atoms with E-state index in [4.69, 9.17) is 11.5 Å². The number of rotatable bonds is 6. The van der Waals surface area contributed by atoms with E-state index in [0.29, 0.717) is 30.8 Å². The highest BCUT2D eigenvalue weighted by molar-refractivity contribution is 5.91. The molecule has 3 rings (SSSR count). The van der Waals surface area contributed by atoms with Gasteiger partial charge in [-0.25, -0.2) is 0 Å². The van der Waals surface area contributed by atoms with Crippen molar-refractivity contribution in [2.45, 2.75) is 101 Å². The maximum absolute atomic E-state index is 13.0. The smallest absolute Gasteiger partial charge is 0.243 e. The summed E-state index contributed by atoms with van der Waals surface area (Å²) in [6.07, 6.45) is 14.5. The second-order valence-corrected chi connectivity index (χ2v) is 9.07. The number of amides is 2. The zero-order chi connectivity index (χ0) is 18.6. The Labute approximate surface area is 158 Å². The fraction of sp³-hybridized carbons (Fsp3) is 0.905. The third-order valence-electron chi connectivity index (χ3n) is 7.26. The van der Waals surface area contributed by atoms with Crippen LogP contribution in [0.25, 0.3) is 0 Å². The molecule has 4 N–H and O–H groups in total. The summed E-state index contributed by atoms with van der Waals surface area (Å²) >= 11 is 0. The number of likely N-dealkylation sites (tertiary alicyclic amines) is 1. The van der Waals surface area contributed by atoms with Gasteiger partial charge in [0, 0.05) is 19.0 Å². The van der Waals surface area contributed by atoms with Crippen molar-refractivity contribution in [2.75, 3.05) is 6.54 Å². The maximum atomic E-state index is 13.0. The van der Waals surface area contributed by atoms with Crippen molar-refractivity contribution in [2.24, 2.45) is 23.3 Å². The van der Waals surface area contributed by atoms with Gasteiger partial charge < -0.3 is 16.4 Å². The van der Waals surface area contributed by atoms with E-state index in [1.165, 1.54) is 32.1 Å². The largest absolute Gasteiger partial charge is 0.368 e. The van der Waals surface area contributed by atoms with E-state index < -0.39 is 5.54 Å². The van der Waals surface area contributed by atoms with Crippen LogP contribution in [0, 0.1) is 11.8 Å². The average molecular weight is 364 g/mol. The van der Waals surface area contributed by atoms with Gasteiger partial charge in [-0.05, 0) is 63.2 Å². The molecule has 148 valence electrons. The highest BCUT2D eigenvalue weighted by atomic mass is 16.2.